The number of para-hydroxylation sites is 1. The zero-order valence-electron chi connectivity index (χ0n) is 23.9. The van der Waals surface area contributed by atoms with E-state index in [4.69, 9.17) is 11.6 Å². The minimum Gasteiger partial charge on any atom is -0.352 e. The van der Waals surface area contributed by atoms with Crippen molar-refractivity contribution in [3.8, 4) is 0 Å². The van der Waals surface area contributed by atoms with Gasteiger partial charge in [0.2, 0.25) is 11.8 Å². The predicted octanol–water partition coefficient (Wildman–Crippen LogP) is 6.24. The minimum atomic E-state index is -4.35. The number of nitrogens with zero attached hydrogens (tertiary/aromatic N) is 2. The number of carbonyl (C=O) groups is 2. The molecule has 0 bridgehead atoms. The summed E-state index contributed by atoms with van der Waals surface area (Å²) in [5.41, 5.74) is 1.32. The Hall–Kier alpha value is -3.43. The molecule has 1 fully saturated rings. The SMILES string of the molecule is CC[C@H](C(=O)NC1CCCCC1)N(Cc1ccc(Cl)cc1)C(=O)CN(c1ccccc1F)S(=O)(=O)c1ccc(C)cc1. The van der Waals surface area contributed by atoms with E-state index in [1.807, 2.05) is 13.8 Å². The fourth-order valence-electron chi connectivity index (χ4n) is 5.26. The number of amides is 2. The molecule has 3 aromatic carbocycles. The topological polar surface area (TPSA) is 86.8 Å². The molecule has 42 heavy (non-hydrogen) atoms. The van der Waals surface area contributed by atoms with E-state index in [-0.39, 0.29) is 29.1 Å². The molecule has 7 nitrogen and oxygen atoms in total. The van der Waals surface area contributed by atoms with Crippen molar-refractivity contribution in [3.63, 3.8) is 0 Å². The summed E-state index contributed by atoms with van der Waals surface area (Å²) in [7, 11) is -4.35. The predicted molar refractivity (Wildman–Crippen MR) is 163 cm³/mol. The van der Waals surface area contributed by atoms with Crippen LogP contribution < -0.4 is 9.62 Å². The van der Waals surface area contributed by atoms with Crippen molar-refractivity contribution in [1.82, 2.24) is 10.2 Å². The molecule has 2 amide bonds. The zero-order valence-corrected chi connectivity index (χ0v) is 25.5. The second-order valence-electron chi connectivity index (χ2n) is 10.7. The fraction of sp³-hybridized carbons (Fsp3) is 0.375. The maximum atomic E-state index is 15.1. The monoisotopic (exact) mass is 613 g/mol. The molecule has 1 atom stereocenters. The maximum Gasteiger partial charge on any atom is 0.264 e. The van der Waals surface area contributed by atoms with Gasteiger partial charge in [0.25, 0.3) is 10.0 Å². The molecule has 10 heteroatoms. The number of carbonyl (C=O) groups excluding carboxylic acids is 2. The molecular weight excluding hydrogens is 577 g/mol. The number of hydrogen-bond acceptors (Lipinski definition) is 4. The largest absolute Gasteiger partial charge is 0.352 e. The summed E-state index contributed by atoms with van der Waals surface area (Å²) >= 11 is 6.08. The Bertz CT molecular complexity index is 1480. The summed E-state index contributed by atoms with van der Waals surface area (Å²) < 4.78 is 43.6. The quantitative estimate of drug-likeness (QED) is 0.277. The molecule has 0 radical (unpaired) electrons. The van der Waals surface area contributed by atoms with Crippen LogP contribution in [0.15, 0.2) is 77.7 Å². The van der Waals surface area contributed by atoms with Crippen LogP contribution >= 0.6 is 11.6 Å². The van der Waals surface area contributed by atoms with Crippen LogP contribution in [0.5, 0.6) is 0 Å². The molecule has 4 rings (SSSR count). The summed E-state index contributed by atoms with van der Waals surface area (Å²) in [5.74, 6) is -1.70. The lowest BCUT2D eigenvalue weighted by atomic mass is 9.95. The second kappa shape index (κ2) is 14.2. The van der Waals surface area contributed by atoms with Gasteiger partial charge in [-0.05, 0) is 68.1 Å². The van der Waals surface area contributed by atoms with E-state index >= 15 is 4.39 Å². The Morgan fingerprint density at radius 3 is 2.24 bits per heavy atom. The van der Waals surface area contributed by atoms with Gasteiger partial charge in [-0.2, -0.15) is 0 Å². The Kier molecular flexibility index (Phi) is 10.6. The highest BCUT2D eigenvalue weighted by molar-refractivity contribution is 7.92. The average molecular weight is 614 g/mol. The van der Waals surface area contributed by atoms with E-state index < -0.39 is 34.3 Å². The van der Waals surface area contributed by atoms with Gasteiger partial charge < -0.3 is 10.2 Å². The highest BCUT2D eigenvalue weighted by Crippen LogP contribution is 2.27. The van der Waals surface area contributed by atoms with Gasteiger partial charge in [-0.1, -0.05) is 79.7 Å². The smallest absolute Gasteiger partial charge is 0.264 e. The third-order valence-corrected chi connectivity index (χ3v) is 9.64. The first-order valence-electron chi connectivity index (χ1n) is 14.3. The first kappa shape index (κ1) is 31.5. The molecule has 0 saturated heterocycles. The van der Waals surface area contributed by atoms with Crippen LogP contribution in [0.3, 0.4) is 0 Å². The van der Waals surface area contributed by atoms with Gasteiger partial charge in [-0.3, -0.25) is 13.9 Å². The molecule has 0 aromatic heterocycles. The Balaban J connectivity index is 1.71. The summed E-state index contributed by atoms with van der Waals surface area (Å²) in [6.45, 7) is 2.98. The number of benzene rings is 3. The van der Waals surface area contributed by atoms with Crippen molar-refractivity contribution in [3.05, 3.63) is 94.8 Å². The number of rotatable bonds is 11. The van der Waals surface area contributed by atoms with E-state index in [0.29, 0.717) is 11.4 Å². The number of halogens is 2. The van der Waals surface area contributed by atoms with Crippen molar-refractivity contribution < 1.29 is 22.4 Å². The number of anilines is 1. The molecule has 1 aliphatic carbocycles. The summed E-state index contributed by atoms with van der Waals surface area (Å²) in [6, 6.07) is 17.6. The van der Waals surface area contributed by atoms with Crippen molar-refractivity contribution in [2.24, 2.45) is 0 Å². The molecule has 1 N–H and O–H groups in total. The molecule has 224 valence electrons. The molecule has 1 aliphatic rings. The summed E-state index contributed by atoms with van der Waals surface area (Å²) in [6.07, 6.45) is 5.26. The Morgan fingerprint density at radius 2 is 1.62 bits per heavy atom. The van der Waals surface area contributed by atoms with Crippen LogP contribution in [-0.2, 0) is 26.2 Å². The van der Waals surface area contributed by atoms with E-state index in [1.165, 1.54) is 35.2 Å². The molecule has 0 heterocycles. The second-order valence-corrected chi connectivity index (χ2v) is 13.0. The van der Waals surface area contributed by atoms with E-state index in [0.717, 1.165) is 53.6 Å². The first-order valence-corrected chi connectivity index (χ1v) is 16.1. The van der Waals surface area contributed by atoms with Gasteiger partial charge in [0.05, 0.1) is 10.6 Å². The standard InChI is InChI=1S/C32H37ClFN3O4S/c1-3-29(32(39)35-26-9-5-4-6-10-26)36(21-24-15-17-25(33)18-16-24)31(38)22-37(30-12-8-7-11-28(30)34)42(40,41)27-19-13-23(2)14-20-27/h7-8,11-20,26,29H,3-6,9-10,21-22H2,1-2H3,(H,35,39)/t29-/m1/s1. The lowest BCUT2D eigenvalue weighted by molar-refractivity contribution is -0.140. The molecule has 1 saturated carbocycles. The number of aryl methyl sites for hydroxylation is 1. The van der Waals surface area contributed by atoms with Crippen LogP contribution in [0.1, 0.15) is 56.6 Å². The fourth-order valence-corrected chi connectivity index (χ4v) is 6.80. The Labute approximate surface area is 252 Å². The van der Waals surface area contributed by atoms with Gasteiger partial charge in [-0.15, -0.1) is 0 Å². The highest BCUT2D eigenvalue weighted by atomic mass is 35.5. The van der Waals surface area contributed by atoms with Gasteiger partial charge in [0.15, 0.2) is 0 Å². The van der Waals surface area contributed by atoms with Crippen molar-refractivity contribution in [1.29, 1.82) is 0 Å². The van der Waals surface area contributed by atoms with Crippen molar-refractivity contribution in [2.45, 2.75) is 75.9 Å². The van der Waals surface area contributed by atoms with Crippen LogP contribution in [0.4, 0.5) is 10.1 Å². The van der Waals surface area contributed by atoms with E-state index in [2.05, 4.69) is 5.32 Å². The zero-order chi connectivity index (χ0) is 30.3. The summed E-state index contributed by atoms with van der Waals surface area (Å²) in [4.78, 5) is 29.0. The van der Waals surface area contributed by atoms with Gasteiger partial charge in [0.1, 0.15) is 18.4 Å². The minimum absolute atomic E-state index is 0.0320. The molecule has 0 spiro atoms. The lowest BCUT2D eigenvalue weighted by Crippen LogP contribution is -2.54. The van der Waals surface area contributed by atoms with Crippen LogP contribution in [0, 0.1) is 12.7 Å². The van der Waals surface area contributed by atoms with Gasteiger partial charge in [0, 0.05) is 17.6 Å². The number of sulfonamides is 1. The van der Waals surface area contributed by atoms with Crippen LogP contribution in [-0.4, -0.2) is 43.8 Å². The lowest BCUT2D eigenvalue weighted by Gasteiger charge is -2.34. The van der Waals surface area contributed by atoms with Crippen LogP contribution in [0.25, 0.3) is 0 Å². The third-order valence-electron chi connectivity index (χ3n) is 7.61. The average Bonchev–Trinajstić information content (AvgIpc) is 2.98. The van der Waals surface area contributed by atoms with Gasteiger partial charge in [-0.25, -0.2) is 12.8 Å². The van der Waals surface area contributed by atoms with E-state index in [9.17, 15) is 18.0 Å². The normalized spacial score (nSPS) is 14.7. The number of nitrogens with one attached hydrogen (secondary N) is 1. The molecule has 0 aliphatic heterocycles. The first-order chi connectivity index (χ1) is 20.1. The molecule has 3 aromatic rings. The molecular formula is C32H37ClFN3O4S. The van der Waals surface area contributed by atoms with E-state index in [1.54, 1.807) is 36.4 Å². The van der Waals surface area contributed by atoms with Crippen LogP contribution in [0.2, 0.25) is 5.02 Å². The van der Waals surface area contributed by atoms with Crippen molar-refractivity contribution in [2.75, 3.05) is 10.8 Å². The number of hydrogen-bond donors (Lipinski definition) is 1. The van der Waals surface area contributed by atoms with Gasteiger partial charge >= 0.3 is 0 Å². The Morgan fingerprint density at radius 1 is 0.976 bits per heavy atom. The third kappa shape index (κ3) is 7.69. The summed E-state index contributed by atoms with van der Waals surface area (Å²) in [5, 5.41) is 3.63. The molecule has 0 unspecified atom stereocenters. The highest BCUT2D eigenvalue weighted by Gasteiger charge is 2.35. The maximum absolute atomic E-state index is 15.1. The van der Waals surface area contributed by atoms with Crippen molar-refractivity contribution >= 4 is 39.1 Å².